The van der Waals surface area contributed by atoms with Crippen molar-refractivity contribution in [2.24, 2.45) is 0 Å². The zero-order chi connectivity index (χ0) is 16.8. The van der Waals surface area contributed by atoms with Crippen molar-refractivity contribution in [1.29, 1.82) is 0 Å². The first-order valence-electron chi connectivity index (χ1n) is 7.14. The Balaban J connectivity index is 0.00000484. The fourth-order valence-corrected chi connectivity index (χ4v) is 3.56. The molecule has 1 amide bonds. The van der Waals surface area contributed by atoms with Gasteiger partial charge in [-0.05, 0) is 6.42 Å². The van der Waals surface area contributed by atoms with Gasteiger partial charge in [-0.15, -0.1) is 12.4 Å². The molecule has 0 radical (unpaired) electrons. The number of nitrogens with zero attached hydrogens (tertiary/aromatic N) is 1. The SMILES string of the molecule is CCCS(=O)(=O)CC(=O)NCC(N1CCNCC1)C(F)(F)F.Cl. The highest BCUT2D eigenvalue weighted by Gasteiger charge is 2.43. The van der Waals surface area contributed by atoms with Gasteiger partial charge >= 0.3 is 6.18 Å². The van der Waals surface area contributed by atoms with Gasteiger partial charge in [-0.25, -0.2) is 8.42 Å². The summed E-state index contributed by atoms with van der Waals surface area (Å²) in [7, 11) is -3.56. The molecule has 0 saturated carbocycles. The molecule has 1 fully saturated rings. The van der Waals surface area contributed by atoms with Gasteiger partial charge < -0.3 is 10.6 Å². The van der Waals surface area contributed by atoms with Crippen molar-refractivity contribution in [3.63, 3.8) is 0 Å². The van der Waals surface area contributed by atoms with Crippen molar-refractivity contribution < 1.29 is 26.4 Å². The normalized spacial score (nSPS) is 18.1. The van der Waals surface area contributed by atoms with E-state index in [1.54, 1.807) is 6.92 Å². The Bertz CT molecular complexity index is 468. The van der Waals surface area contributed by atoms with E-state index in [0.29, 0.717) is 19.5 Å². The van der Waals surface area contributed by atoms with Crippen molar-refractivity contribution in [3.05, 3.63) is 0 Å². The van der Waals surface area contributed by atoms with Gasteiger partial charge in [0.2, 0.25) is 5.91 Å². The Morgan fingerprint density at radius 2 is 1.87 bits per heavy atom. The fourth-order valence-electron chi connectivity index (χ4n) is 2.29. The van der Waals surface area contributed by atoms with Gasteiger partial charge in [0, 0.05) is 32.7 Å². The van der Waals surface area contributed by atoms with E-state index < -0.39 is 40.3 Å². The second-order valence-electron chi connectivity index (χ2n) is 5.24. The Labute approximate surface area is 140 Å². The predicted octanol–water partition coefficient (Wildman–Crippen LogP) is 0.185. The summed E-state index contributed by atoms with van der Waals surface area (Å²) in [6.45, 7) is 2.38. The highest BCUT2D eigenvalue weighted by Crippen LogP contribution is 2.24. The van der Waals surface area contributed by atoms with Gasteiger partial charge in [0.1, 0.15) is 11.8 Å². The van der Waals surface area contributed by atoms with Gasteiger partial charge in [0.25, 0.3) is 0 Å². The smallest absolute Gasteiger partial charge is 0.353 e. The zero-order valence-corrected chi connectivity index (χ0v) is 14.5. The molecular formula is C12H23ClF3N3O3S. The zero-order valence-electron chi connectivity index (χ0n) is 12.9. The first-order chi connectivity index (χ1) is 10.2. The number of carbonyl (C=O) groups excluding carboxylic acids is 1. The lowest BCUT2D eigenvalue weighted by Gasteiger charge is -2.35. The molecule has 11 heteroatoms. The molecule has 0 spiro atoms. The van der Waals surface area contributed by atoms with Crippen LogP contribution in [0.2, 0.25) is 0 Å². The molecule has 1 saturated heterocycles. The molecule has 2 N–H and O–H groups in total. The molecule has 1 unspecified atom stereocenters. The maximum absolute atomic E-state index is 13.1. The molecule has 1 rings (SSSR count). The maximum atomic E-state index is 13.1. The second-order valence-corrected chi connectivity index (χ2v) is 7.42. The van der Waals surface area contributed by atoms with Crippen LogP contribution in [0.3, 0.4) is 0 Å². The number of amides is 1. The van der Waals surface area contributed by atoms with E-state index in [-0.39, 0.29) is 31.2 Å². The average Bonchev–Trinajstić information content (AvgIpc) is 2.37. The van der Waals surface area contributed by atoms with Crippen LogP contribution in [0, 0.1) is 0 Å². The minimum absolute atomic E-state index is 0. The van der Waals surface area contributed by atoms with Crippen LogP contribution >= 0.6 is 12.4 Å². The lowest BCUT2D eigenvalue weighted by Crippen LogP contribution is -2.57. The summed E-state index contributed by atoms with van der Waals surface area (Å²) in [5.74, 6) is -1.81. The summed E-state index contributed by atoms with van der Waals surface area (Å²) < 4.78 is 62.2. The van der Waals surface area contributed by atoms with Gasteiger partial charge in [-0.2, -0.15) is 13.2 Å². The molecule has 1 heterocycles. The van der Waals surface area contributed by atoms with E-state index in [2.05, 4.69) is 10.6 Å². The number of rotatable bonds is 7. The highest BCUT2D eigenvalue weighted by molar-refractivity contribution is 7.92. The second kappa shape index (κ2) is 9.65. The van der Waals surface area contributed by atoms with Crippen LogP contribution in [-0.4, -0.2) is 75.7 Å². The van der Waals surface area contributed by atoms with Gasteiger partial charge in [0.15, 0.2) is 9.84 Å². The summed E-state index contributed by atoms with van der Waals surface area (Å²) in [6, 6.07) is -1.80. The third-order valence-electron chi connectivity index (χ3n) is 3.33. The minimum atomic E-state index is -4.48. The number of alkyl halides is 3. The lowest BCUT2D eigenvalue weighted by molar-refractivity contribution is -0.183. The molecule has 0 aromatic carbocycles. The monoisotopic (exact) mass is 381 g/mol. The molecule has 1 aliphatic heterocycles. The van der Waals surface area contributed by atoms with Gasteiger partial charge in [-0.1, -0.05) is 6.92 Å². The van der Waals surface area contributed by atoms with E-state index in [1.165, 1.54) is 4.90 Å². The summed E-state index contributed by atoms with van der Waals surface area (Å²) >= 11 is 0. The summed E-state index contributed by atoms with van der Waals surface area (Å²) in [5, 5.41) is 5.06. The average molecular weight is 382 g/mol. The van der Waals surface area contributed by atoms with Crippen molar-refractivity contribution in [3.8, 4) is 0 Å². The van der Waals surface area contributed by atoms with Crippen molar-refractivity contribution in [1.82, 2.24) is 15.5 Å². The standard InChI is InChI=1S/C12H22F3N3O3S.ClH/c1-2-7-22(20,21)9-11(19)17-8-10(12(13,14)15)18-5-3-16-4-6-18;/h10,16H,2-9H2,1H3,(H,17,19);1H. The lowest BCUT2D eigenvalue weighted by atomic mass is 10.2. The topological polar surface area (TPSA) is 78.5 Å². The van der Waals surface area contributed by atoms with Crippen LogP contribution in [0.15, 0.2) is 0 Å². The van der Waals surface area contributed by atoms with E-state index >= 15 is 0 Å². The van der Waals surface area contributed by atoms with Crippen LogP contribution in [0.25, 0.3) is 0 Å². The molecular weight excluding hydrogens is 359 g/mol. The predicted molar refractivity (Wildman–Crippen MR) is 83.5 cm³/mol. The number of halogens is 4. The molecule has 0 aliphatic carbocycles. The Morgan fingerprint density at radius 3 is 2.35 bits per heavy atom. The third kappa shape index (κ3) is 8.18. The number of piperazine rings is 1. The maximum Gasteiger partial charge on any atom is 0.405 e. The van der Waals surface area contributed by atoms with Crippen molar-refractivity contribution in [2.45, 2.75) is 25.6 Å². The molecule has 0 aromatic rings. The molecule has 23 heavy (non-hydrogen) atoms. The first-order valence-corrected chi connectivity index (χ1v) is 8.96. The summed E-state index contributed by atoms with van der Waals surface area (Å²) in [6.07, 6.45) is -4.12. The van der Waals surface area contributed by atoms with E-state index in [9.17, 15) is 26.4 Å². The Morgan fingerprint density at radius 1 is 1.30 bits per heavy atom. The minimum Gasteiger partial charge on any atom is -0.353 e. The summed E-state index contributed by atoms with van der Waals surface area (Å²) in [4.78, 5) is 12.8. The van der Waals surface area contributed by atoms with Crippen molar-refractivity contribution in [2.75, 3.05) is 44.2 Å². The van der Waals surface area contributed by atoms with E-state index in [4.69, 9.17) is 0 Å². The van der Waals surface area contributed by atoms with Gasteiger partial charge in [0.05, 0.1) is 5.75 Å². The van der Waals surface area contributed by atoms with Crippen LogP contribution in [0.5, 0.6) is 0 Å². The molecule has 138 valence electrons. The number of sulfone groups is 1. The quantitative estimate of drug-likeness (QED) is 0.658. The molecule has 6 nitrogen and oxygen atoms in total. The largest absolute Gasteiger partial charge is 0.405 e. The Kier molecular flexibility index (Phi) is 9.41. The van der Waals surface area contributed by atoms with Gasteiger partial charge in [-0.3, -0.25) is 9.69 Å². The van der Waals surface area contributed by atoms with Crippen LogP contribution in [-0.2, 0) is 14.6 Å². The first kappa shape index (κ1) is 22.4. The highest BCUT2D eigenvalue weighted by atomic mass is 35.5. The third-order valence-corrected chi connectivity index (χ3v) is 5.06. The number of hydrogen-bond donors (Lipinski definition) is 2. The van der Waals surface area contributed by atoms with Crippen LogP contribution in [0.1, 0.15) is 13.3 Å². The van der Waals surface area contributed by atoms with E-state index in [0.717, 1.165) is 0 Å². The fraction of sp³-hybridized carbons (Fsp3) is 0.917. The summed E-state index contributed by atoms with van der Waals surface area (Å²) in [5.41, 5.74) is 0. The van der Waals surface area contributed by atoms with Crippen molar-refractivity contribution >= 4 is 28.2 Å². The number of carbonyl (C=O) groups is 1. The molecule has 1 aliphatic rings. The number of nitrogens with one attached hydrogen (secondary N) is 2. The van der Waals surface area contributed by atoms with Crippen LogP contribution in [0.4, 0.5) is 13.2 Å². The Hall–Kier alpha value is -0.580. The van der Waals surface area contributed by atoms with E-state index in [1.807, 2.05) is 0 Å². The van der Waals surface area contributed by atoms with Crippen LogP contribution < -0.4 is 10.6 Å². The molecule has 1 atom stereocenters. The number of hydrogen-bond acceptors (Lipinski definition) is 5. The molecule has 0 bridgehead atoms. The molecule has 0 aromatic heterocycles.